The fourth-order valence-electron chi connectivity index (χ4n) is 2.36. The molecule has 1 aliphatic heterocycles. The molecule has 1 fully saturated rings. The Morgan fingerprint density at radius 2 is 2.16 bits per heavy atom. The number of carboxylic acid groups (broad SMARTS) is 1. The van der Waals surface area contributed by atoms with Crippen LogP contribution in [0, 0.1) is 0 Å². The molecule has 1 atom stereocenters. The molecule has 0 saturated carbocycles. The van der Waals surface area contributed by atoms with Crippen molar-refractivity contribution in [1.82, 2.24) is 5.01 Å². The maximum atomic E-state index is 12.5. The number of isocyanates is 1. The summed E-state index contributed by atoms with van der Waals surface area (Å²) in [5, 5.41) is 14.4. The molecule has 2 aromatic rings. The maximum absolute atomic E-state index is 12.5. The Hall–Kier alpha value is -3.65. The smallest absolute Gasteiger partial charge is 0.347 e. The fraction of sp³-hybridized carbons (Fsp3) is 0.200. The van der Waals surface area contributed by atoms with Crippen LogP contribution >= 0.6 is 0 Å². The summed E-state index contributed by atoms with van der Waals surface area (Å²) in [7, 11) is 0. The van der Waals surface area contributed by atoms with Crippen LogP contribution in [-0.4, -0.2) is 47.5 Å². The number of aliphatic carboxylic acids is 1. The van der Waals surface area contributed by atoms with Crippen molar-refractivity contribution in [2.24, 2.45) is 10.1 Å². The van der Waals surface area contributed by atoms with Crippen LogP contribution in [0.25, 0.3) is 0 Å². The van der Waals surface area contributed by atoms with Crippen molar-refractivity contribution in [3.05, 3.63) is 42.0 Å². The minimum Gasteiger partial charge on any atom is -0.479 e. The number of anilines is 1. The molecule has 10 nitrogen and oxygen atoms in total. The van der Waals surface area contributed by atoms with E-state index in [1.54, 1.807) is 12.1 Å². The van der Waals surface area contributed by atoms with Gasteiger partial charge in [-0.05, 0) is 18.2 Å². The first-order chi connectivity index (χ1) is 12.1. The molecule has 0 radical (unpaired) electrons. The number of aliphatic imine (C=N–C) groups is 1. The lowest BCUT2D eigenvalue weighted by Crippen LogP contribution is -2.29. The van der Waals surface area contributed by atoms with Crippen LogP contribution in [-0.2, 0) is 9.59 Å². The SMILES string of the molecule is O=C=NC(C(=O)O)c1ccoc1N1CCN(N=Cc2ccco2)C1=O. The number of carbonyl (C=O) groups excluding carboxylic acids is 2. The molecule has 1 unspecified atom stereocenters. The van der Waals surface area contributed by atoms with E-state index in [1.807, 2.05) is 0 Å². The van der Waals surface area contributed by atoms with Crippen LogP contribution in [0.3, 0.4) is 0 Å². The van der Waals surface area contributed by atoms with Gasteiger partial charge in [-0.3, -0.25) is 4.90 Å². The van der Waals surface area contributed by atoms with Gasteiger partial charge in [0.05, 0.1) is 37.4 Å². The van der Waals surface area contributed by atoms with Crippen molar-refractivity contribution in [1.29, 1.82) is 0 Å². The number of hydrazone groups is 1. The highest BCUT2D eigenvalue weighted by molar-refractivity contribution is 5.95. The Labute approximate surface area is 140 Å². The van der Waals surface area contributed by atoms with Crippen molar-refractivity contribution in [3.8, 4) is 0 Å². The zero-order valence-corrected chi connectivity index (χ0v) is 12.7. The summed E-state index contributed by atoms with van der Waals surface area (Å²) in [6, 6.07) is 2.71. The van der Waals surface area contributed by atoms with Crippen LogP contribution in [0.2, 0.25) is 0 Å². The largest absolute Gasteiger partial charge is 0.479 e. The zero-order valence-electron chi connectivity index (χ0n) is 12.7. The second kappa shape index (κ2) is 6.85. The summed E-state index contributed by atoms with van der Waals surface area (Å²) >= 11 is 0. The molecule has 0 aromatic carbocycles. The van der Waals surface area contributed by atoms with Gasteiger partial charge in [-0.15, -0.1) is 0 Å². The van der Waals surface area contributed by atoms with Crippen molar-refractivity contribution >= 4 is 30.2 Å². The number of hydrogen-bond acceptors (Lipinski definition) is 7. The second-order valence-electron chi connectivity index (χ2n) is 4.96. The predicted octanol–water partition coefficient (Wildman–Crippen LogP) is 1.61. The maximum Gasteiger partial charge on any atom is 0.347 e. The third-order valence-corrected chi connectivity index (χ3v) is 3.48. The summed E-state index contributed by atoms with van der Waals surface area (Å²) in [4.78, 5) is 38.7. The van der Waals surface area contributed by atoms with Crippen molar-refractivity contribution < 1.29 is 28.3 Å². The zero-order chi connectivity index (χ0) is 17.8. The molecule has 3 rings (SSSR count). The van der Waals surface area contributed by atoms with E-state index in [1.165, 1.54) is 40.8 Å². The lowest BCUT2D eigenvalue weighted by molar-refractivity contribution is -0.138. The van der Waals surface area contributed by atoms with Crippen LogP contribution in [0.5, 0.6) is 0 Å². The Balaban J connectivity index is 1.82. The van der Waals surface area contributed by atoms with E-state index >= 15 is 0 Å². The quantitative estimate of drug-likeness (QED) is 0.626. The van der Waals surface area contributed by atoms with Crippen molar-refractivity contribution in [2.75, 3.05) is 18.0 Å². The van der Waals surface area contributed by atoms with E-state index in [0.29, 0.717) is 5.76 Å². The topological polar surface area (TPSA) is 129 Å². The Bertz CT molecular complexity index is 847. The molecule has 0 spiro atoms. The van der Waals surface area contributed by atoms with Gasteiger partial charge in [0.15, 0.2) is 6.04 Å². The van der Waals surface area contributed by atoms with Gasteiger partial charge in [-0.25, -0.2) is 19.4 Å². The van der Waals surface area contributed by atoms with Crippen molar-refractivity contribution in [3.63, 3.8) is 0 Å². The Morgan fingerprint density at radius 1 is 1.32 bits per heavy atom. The molecule has 3 heterocycles. The highest BCUT2D eigenvalue weighted by Crippen LogP contribution is 2.32. The molecule has 0 bridgehead atoms. The minimum atomic E-state index is -1.50. The lowest BCUT2D eigenvalue weighted by atomic mass is 10.1. The Morgan fingerprint density at radius 3 is 2.84 bits per heavy atom. The number of rotatable bonds is 6. The summed E-state index contributed by atoms with van der Waals surface area (Å²) in [6.07, 6.45) is 5.31. The molecular weight excluding hydrogens is 332 g/mol. The lowest BCUT2D eigenvalue weighted by Gasteiger charge is -2.15. The number of amides is 2. The average Bonchev–Trinajstić information content (AvgIpc) is 3.31. The van der Waals surface area contributed by atoms with Gasteiger partial charge < -0.3 is 13.9 Å². The summed E-state index contributed by atoms with van der Waals surface area (Å²) in [5.74, 6) is -0.867. The Kier molecular flexibility index (Phi) is 4.44. The molecule has 10 heteroatoms. The third-order valence-electron chi connectivity index (χ3n) is 3.48. The molecule has 2 aromatic heterocycles. The summed E-state index contributed by atoms with van der Waals surface area (Å²) in [6.45, 7) is 0.497. The van der Waals surface area contributed by atoms with Gasteiger partial charge in [0.2, 0.25) is 12.0 Å². The number of urea groups is 1. The normalized spacial score (nSPS) is 15.6. The highest BCUT2D eigenvalue weighted by atomic mass is 16.4. The van der Waals surface area contributed by atoms with Crippen LogP contribution in [0.15, 0.2) is 49.7 Å². The molecule has 1 aliphatic rings. The first kappa shape index (κ1) is 16.2. The highest BCUT2D eigenvalue weighted by Gasteiger charge is 2.36. The van der Waals surface area contributed by atoms with Gasteiger partial charge in [-0.2, -0.15) is 10.1 Å². The van der Waals surface area contributed by atoms with Gasteiger partial charge >= 0.3 is 12.0 Å². The number of carbonyl (C=O) groups is 2. The molecule has 0 aliphatic carbocycles. The van der Waals surface area contributed by atoms with E-state index in [0.717, 1.165) is 0 Å². The standard InChI is InChI=1S/C15H12N4O6/c20-9-16-12(14(21)22)11-3-7-25-13(11)18-4-5-19(15(18)23)17-8-10-2-1-6-24-10/h1-3,6-8,12H,4-5H2,(H,21,22). The predicted molar refractivity (Wildman–Crippen MR) is 83.0 cm³/mol. The van der Waals surface area contributed by atoms with Crippen LogP contribution in [0.1, 0.15) is 17.4 Å². The molecule has 2 amide bonds. The number of furan rings is 2. The molecule has 25 heavy (non-hydrogen) atoms. The van der Waals surface area contributed by atoms with Gasteiger partial charge in [0.25, 0.3) is 0 Å². The first-order valence-electron chi connectivity index (χ1n) is 7.15. The van der Waals surface area contributed by atoms with E-state index in [2.05, 4.69) is 10.1 Å². The summed E-state index contributed by atoms with van der Waals surface area (Å²) in [5.41, 5.74) is 0.0843. The van der Waals surface area contributed by atoms with Gasteiger partial charge in [0, 0.05) is 0 Å². The number of nitrogens with zero attached hydrogens (tertiary/aromatic N) is 4. The molecule has 128 valence electrons. The molecule has 1 saturated heterocycles. The first-order valence-corrected chi connectivity index (χ1v) is 7.15. The molecule has 1 N–H and O–H groups in total. The molecular formula is C15H12N4O6. The van der Waals surface area contributed by atoms with Gasteiger partial charge in [0.1, 0.15) is 5.76 Å². The van der Waals surface area contributed by atoms with Crippen molar-refractivity contribution in [2.45, 2.75) is 6.04 Å². The minimum absolute atomic E-state index is 0.00657. The number of carboxylic acids is 1. The fourth-order valence-corrected chi connectivity index (χ4v) is 2.36. The van der Waals surface area contributed by atoms with E-state index in [-0.39, 0.29) is 24.5 Å². The van der Waals surface area contributed by atoms with Gasteiger partial charge in [-0.1, -0.05) is 0 Å². The second-order valence-corrected chi connectivity index (χ2v) is 4.96. The van der Waals surface area contributed by atoms with E-state index in [4.69, 9.17) is 8.83 Å². The van der Waals surface area contributed by atoms with Crippen LogP contribution in [0.4, 0.5) is 10.7 Å². The number of hydrogen-bond donors (Lipinski definition) is 1. The summed E-state index contributed by atoms with van der Waals surface area (Å²) < 4.78 is 10.3. The van der Waals surface area contributed by atoms with E-state index in [9.17, 15) is 19.5 Å². The average molecular weight is 344 g/mol. The third kappa shape index (κ3) is 3.19. The van der Waals surface area contributed by atoms with E-state index < -0.39 is 18.0 Å². The monoisotopic (exact) mass is 344 g/mol. The van der Waals surface area contributed by atoms with Crippen LogP contribution < -0.4 is 4.90 Å².